The Hall–Kier alpha value is -6.62. The molecule has 0 unspecified atom stereocenters. The topological polar surface area (TPSA) is 57.4 Å². The van der Waals surface area contributed by atoms with E-state index in [-0.39, 0.29) is 0 Å². The number of aromatic nitrogens is 2. The van der Waals surface area contributed by atoms with E-state index in [4.69, 9.17) is 0 Å². The fourth-order valence-corrected chi connectivity index (χ4v) is 7.21. The highest BCUT2D eigenvalue weighted by molar-refractivity contribution is 6.09. The van der Waals surface area contributed by atoms with Crippen LogP contribution in [0.3, 0.4) is 0 Å². The lowest BCUT2D eigenvalue weighted by Crippen LogP contribution is -2.03. The molecular formula is C44H30N4. The molecule has 0 aliphatic heterocycles. The number of hydrogen-bond donors (Lipinski definition) is 0. The summed E-state index contributed by atoms with van der Waals surface area (Å²) >= 11 is 0. The van der Waals surface area contributed by atoms with Gasteiger partial charge in [0.15, 0.2) is 0 Å². The predicted octanol–water partition coefficient (Wildman–Crippen LogP) is 11.1. The highest BCUT2D eigenvalue weighted by Crippen LogP contribution is 2.41. The highest BCUT2D eigenvalue weighted by Gasteiger charge is 2.21. The molecular weight excluding hydrogens is 585 g/mol. The van der Waals surface area contributed by atoms with Crippen molar-refractivity contribution in [2.75, 3.05) is 0 Å². The van der Waals surface area contributed by atoms with Gasteiger partial charge in [-0.05, 0) is 73.0 Å². The van der Waals surface area contributed by atoms with Crippen LogP contribution >= 0.6 is 0 Å². The molecule has 0 radical (unpaired) electrons. The summed E-state index contributed by atoms with van der Waals surface area (Å²) in [4.78, 5) is 0. The third kappa shape index (κ3) is 4.43. The summed E-state index contributed by atoms with van der Waals surface area (Å²) in [6, 6.07) is 50.7. The van der Waals surface area contributed by atoms with E-state index in [1.165, 1.54) is 21.8 Å². The van der Waals surface area contributed by atoms with Gasteiger partial charge >= 0.3 is 0 Å². The Morgan fingerprint density at radius 3 is 1.67 bits per heavy atom. The van der Waals surface area contributed by atoms with Gasteiger partial charge in [0.2, 0.25) is 0 Å². The smallest absolute Gasteiger partial charge is 0.101 e. The molecule has 2 aromatic heterocycles. The van der Waals surface area contributed by atoms with Crippen LogP contribution in [0.1, 0.15) is 29.3 Å². The molecule has 4 nitrogen and oxygen atoms in total. The zero-order valence-corrected chi connectivity index (χ0v) is 26.6. The first kappa shape index (κ1) is 28.8. The summed E-state index contributed by atoms with van der Waals surface area (Å²) < 4.78 is 4.55. The van der Waals surface area contributed by atoms with E-state index in [1.54, 1.807) is 0 Å². The van der Waals surface area contributed by atoms with Crippen LogP contribution in [0.25, 0.3) is 72.4 Å². The summed E-state index contributed by atoms with van der Waals surface area (Å²) in [5, 5.41) is 23.8. The standard InChI is InChI=1S/C44H30N4/c1-3-12-34-29(2)47(41-18-9-6-15-37(34)41)44-26-32(28-46)31(27-45)25-40(44)36-14-5-4-13-35(36)30-21-23-33(24-22-30)48-42-19-10-7-16-38(42)39-17-8-11-20-43(39)48/h3-26H,1-2H3/b12-3-. The normalized spacial score (nSPS) is 11.4. The Labute approximate surface area is 279 Å². The average Bonchev–Trinajstić information content (AvgIpc) is 3.62. The Kier molecular flexibility index (Phi) is 6.98. The van der Waals surface area contributed by atoms with Crippen LogP contribution in [0.15, 0.2) is 140 Å². The first-order valence-electron chi connectivity index (χ1n) is 16.0. The van der Waals surface area contributed by atoms with Crippen molar-refractivity contribution in [2.24, 2.45) is 0 Å². The lowest BCUT2D eigenvalue weighted by molar-refractivity contribution is 1.05. The zero-order valence-electron chi connectivity index (χ0n) is 26.6. The van der Waals surface area contributed by atoms with E-state index in [0.29, 0.717) is 11.1 Å². The number of para-hydroxylation sites is 3. The van der Waals surface area contributed by atoms with Gasteiger partial charge < -0.3 is 9.13 Å². The molecule has 226 valence electrons. The highest BCUT2D eigenvalue weighted by atomic mass is 15.0. The molecule has 0 bridgehead atoms. The monoisotopic (exact) mass is 614 g/mol. The number of nitrogens with zero attached hydrogens (tertiary/aromatic N) is 4. The second-order valence-corrected chi connectivity index (χ2v) is 12.0. The van der Waals surface area contributed by atoms with Crippen LogP contribution in [0.4, 0.5) is 0 Å². The predicted molar refractivity (Wildman–Crippen MR) is 197 cm³/mol. The van der Waals surface area contributed by atoms with Gasteiger partial charge in [0.1, 0.15) is 12.1 Å². The van der Waals surface area contributed by atoms with Crippen LogP contribution in [0.5, 0.6) is 0 Å². The lowest BCUT2D eigenvalue weighted by atomic mass is 9.91. The molecule has 0 saturated heterocycles. The fraction of sp³-hybridized carbons (Fsp3) is 0.0455. The maximum atomic E-state index is 10.1. The Balaban J connectivity index is 1.34. The molecule has 0 amide bonds. The van der Waals surface area contributed by atoms with Crippen LogP contribution in [0, 0.1) is 29.6 Å². The summed E-state index contributed by atoms with van der Waals surface area (Å²) in [7, 11) is 0. The van der Waals surface area contributed by atoms with Gasteiger partial charge in [-0.2, -0.15) is 10.5 Å². The third-order valence-electron chi connectivity index (χ3n) is 9.35. The molecule has 0 saturated carbocycles. The molecule has 8 aromatic rings. The van der Waals surface area contributed by atoms with E-state index >= 15 is 0 Å². The fourth-order valence-electron chi connectivity index (χ4n) is 7.21. The van der Waals surface area contributed by atoms with Gasteiger partial charge in [0, 0.05) is 38.7 Å². The second-order valence-electron chi connectivity index (χ2n) is 12.0. The van der Waals surface area contributed by atoms with Gasteiger partial charge in [-0.25, -0.2) is 0 Å². The van der Waals surface area contributed by atoms with Crippen molar-refractivity contribution >= 4 is 38.8 Å². The maximum Gasteiger partial charge on any atom is 0.101 e. The first-order valence-corrected chi connectivity index (χ1v) is 16.0. The average molecular weight is 615 g/mol. The van der Waals surface area contributed by atoms with E-state index in [9.17, 15) is 10.5 Å². The second kappa shape index (κ2) is 11.6. The minimum absolute atomic E-state index is 0.356. The number of allylic oxidation sites excluding steroid dienone is 1. The molecule has 2 heterocycles. The minimum atomic E-state index is 0.356. The summed E-state index contributed by atoms with van der Waals surface area (Å²) in [5.41, 5.74) is 12.2. The molecule has 6 aromatic carbocycles. The first-order chi connectivity index (χ1) is 23.6. The molecule has 0 N–H and O–H groups in total. The van der Waals surface area contributed by atoms with Gasteiger partial charge in [0.25, 0.3) is 0 Å². The molecule has 0 spiro atoms. The summed E-state index contributed by atoms with van der Waals surface area (Å²) in [6.07, 6.45) is 4.19. The molecule has 48 heavy (non-hydrogen) atoms. The van der Waals surface area contributed by atoms with Gasteiger partial charge in [-0.15, -0.1) is 0 Å². The quantitative estimate of drug-likeness (QED) is 0.194. The van der Waals surface area contributed by atoms with Gasteiger partial charge in [-0.1, -0.05) is 103 Å². The molecule has 0 atom stereocenters. The number of hydrogen-bond acceptors (Lipinski definition) is 2. The maximum absolute atomic E-state index is 10.1. The largest absolute Gasteiger partial charge is 0.313 e. The zero-order chi connectivity index (χ0) is 32.8. The van der Waals surface area contributed by atoms with Crippen molar-refractivity contribution in [1.82, 2.24) is 9.13 Å². The van der Waals surface area contributed by atoms with Crippen LogP contribution in [-0.2, 0) is 0 Å². The van der Waals surface area contributed by atoms with Crippen molar-refractivity contribution < 1.29 is 0 Å². The van der Waals surface area contributed by atoms with Crippen LogP contribution < -0.4 is 0 Å². The molecule has 4 heteroatoms. The van der Waals surface area contributed by atoms with Crippen LogP contribution in [0.2, 0.25) is 0 Å². The number of fused-ring (bicyclic) bond motifs is 4. The summed E-state index contributed by atoms with van der Waals surface area (Å²) in [6.45, 7) is 4.14. The van der Waals surface area contributed by atoms with Crippen molar-refractivity contribution in [1.29, 1.82) is 10.5 Å². The molecule has 8 rings (SSSR count). The van der Waals surface area contributed by atoms with Crippen molar-refractivity contribution in [3.05, 3.63) is 162 Å². The van der Waals surface area contributed by atoms with Crippen molar-refractivity contribution in [3.63, 3.8) is 0 Å². The van der Waals surface area contributed by atoms with Crippen molar-refractivity contribution in [2.45, 2.75) is 13.8 Å². The van der Waals surface area contributed by atoms with Crippen molar-refractivity contribution in [3.8, 4) is 45.8 Å². The molecule has 0 fully saturated rings. The Bertz CT molecular complexity index is 2600. The molecule has 0 aliphatic carbocycles. The van der Waals surface area contributed by atoms with E-state index in [2.05, 4.69) is 150 Å². The van der Waals surface area contributed by atoms with E-state index < -0.39 is 0 Å². The minimum Gasteiger partial charge on any atom is -0.313 e. The third-order valence-corrected chi connectivity index (χ3v) is 9.35. The Morgan fingerprint density at radius 1 is 0.542 bits per heavy atom. The Morgan fingerprint density at radius 2 is 1.06 bits per heavy atom. The SMILES string of the molecule is C/C=C\c1c(C)n(-c2cc(C#N)c(C#N)cc2-c2ccccc2-c2ccc(-n3c4ccccc4c4ccccc43)cc2)c2ccccc12. The van der Waals surface area contributed by atoms with Gasteiger partial charge in [0.05, 0.1) is 33.4 Å². The summed E-state index contributed by atoms with van der Waals surface area (Å²) in [5.74, 6) is 0. The lowest BCUT2D eigenvalue weighted by Gasteiger charge is -2.19. The number of benzene rings is 6. The molecule has 0 aliphatic rings. The van der Waals surface area contributed by atoms with E-state index in [1.807, 2.05) is 31.2 Å². The van der Waals surface area contributed by atoms with Crippen LogP contribution in [-0.4, -0.2) is 9.13 Å². The number of nitriles is 2. The van der Waals surface area contributed by atoms with E-state index in [0.717, 1.165) is 55.8 Å². The number of rotatable bonds is 5. The van der Waals surface area contributed by atoms with Gasteiger partial charge in [-0.3, -0.25) is 0 Å².